The summed E-state index contributed by atoms with van der Waals surface area (Å²) in [7, 11) is -0.816. The zero-order chi connectivity index (χ0) is 19.8. The molecule has 0 radical (unpaired) electrons. The Morgan fingerprint density at radius 2 is 1.74 bits per heavy atom. The molecule has 0 aromatic heterocycles. The first-order valence-electron chi connectivity index (χ1n) is 8.96. The Labute approximate surface area is 179 Å². The molecule has 1 fully saturated rings. The molecular weight excluding hydrogens is 423 g/mol. The van der Waals surface area contributed by atoms with Crippen molar-refractivity contribution in [2.75, 3.05) is 24.2 Å². The fraction of sp³-hybridized carbons (Fsp3) is 0.400. The van der Waals surface area contributed by atoms with E-state index >= 15 is 0 Å². The number of nitrogens with zero attached hydrogens (tertiary/aromatic N) is 1. The molecule has 2 aromatic rings. The maximum Gasteiger partial charge on any atom is 0.0883 e. The van der Waals surface area contributed by atoms with E-state index in [9.17, 15) is 4.21 Å². The molecule has 0 amide bonds. The van der Waals surface area contributed by atoms with Gasteiger partial charge < -0.3 is 4.90 Å². The van der Waals surface area contributed by atoms with Gasteiger partial charge in [-0.2, -0.15) is 0 Å². The molecule has 148 valence electrons. The fourth-order valence-corrected chi connectivity index (χ4v) is 4.24. The minimum absolute atomic E-state index is 0.296. The summed E-state index contributed by atoms with van der Waals surface area (Å²) in [5.74, 6) is 0. The average molecular weight is 448 g/mol. The monoisotopic (exact) mass is 446 g/mol. The van der Waals surface area contributed by atoms with Crippen LogP contribution in [0.3, 0.4) is 0 Å². The highest BCUT2D eigenvalue weighted by Gasteiger charge is 2.25. The third-order valence-corrected chi connectivity index (χ3v) is 5.84. The second-order valence-corrected chi connectivity index (χ2v) is 8.78. The number of rotatable bonds is 4. The Balaban J connectivity index is 0.000000380. The Hall–Kier alpha value is -0.780. The number of hydrogen-bond acceptors (Lipinski definition) is 2. The van der Waals surface area contributed by atoms with Crippen LogP contribution in [-0.4, -0.2) is 23.6 Å². The summed E-state index contributed by atoms with van der Waals surface area (Å²) >= 11 is 18.4. The SMILES string of the molecule is CCNS(C)=O.Clc1ccc(N2CCCCC2c2ccc(Cl)cc2Cl)cc1. The van der Waals surface area contributed by atoms with E-state index in [0.717, 1.165) is 35.1 Å². The van der Waals surface area contributed by atoms with Gasteiger partial charge in [-0.15, -0.1) is 0 Å². The van der Waals surface area contributed by atoms with Gasteiger partial charge in [-0.3, -0.25) is 0 Å². The van der Waals surface area contributed by atoms with E-state index in [0.29, 0.717) is 11.1 Å². The lowest BCUT2D eigenvalue weighted by atomic mass is 9.94. The Bertz CT molecular complexity index is 755. The molecule has 1 aliphatic rings. The van der Waals surface area contributed by atoms with E-state index in [1.54, 1.807) is 6.26 Å². The van der Waals surface area contributed by atoms with Crippen LogP contribution in [0.5, 0.6) is 0 Å². The highest BCUT2D eigenvalue weighted by Crippen LogP contribution is 2.38. The molecule has 0 saturated carbocycles. The number of anilines is 1. The van der Waals surface area contributed by atoms with Crippen molar-refractivity contribution in [2.24, 2.45) is 0 Å². The normalized spacial score (nSPS) is 17.8. The number of piperidine rings is 1. The average Bonchev–Trinajstić information content (AvgIpc) is 2.63. The highest BCUT2D eigenvalue weighted by molar-refractivity contribution is 7.82. The molecule has 0 aliphatic carbocycles. The summed E-state index contributed by atoms with van der Waals surface area (Å²) in [6.07, 6.45) is 5.13. The fourth-order valence-electron chi connectivity index (χ4n) is 3.17. The van der Waals surface area contributed by atoms with Crippen molar-refractivity contribution in [1.29, 1.82) is 0 Å². The van der Waals surface area contributed by atoms with Crippen molar-refractivity contribution in [3.8, 4) is 0 Å². The first-order valence-corrected chi connectivity index (χ1v) is 11.7. The van der Waals surface area contributed by atoms with Crippen molar-refractivity contribution in [3.05, 3.63) is 63.1 Å². The van der Waals surface area contributed by atoms with Crippen LogP contribution in [0.1, 0.15) is 37.8 Å². The minimum Gasteiger partial charge on any atom is -0.364 e. The molecule has 3 rings (SSSR count). The van der Waals surface area contributed by atoms with Crippen LogP contribution >= 0.6 is 34.8 Å². The molecule has 1 saturated heterocycles. The minimum atomic E-state index is -0.816. The zero-order valence-corrected chi connectivity index (χ0v) is 18.6. The molecule has 0 spiro atoms. The van der Waals surface area contributed by atoms with Crippen molar-refractivity contribution in [1.82, 2.24) is 4.72 Å². The second-order valence-electron chi connectivity index (χ2n) is 6.30. The first-order chi connectivity index (χ1) is 12.9. The topological polar surface area (TPSA) is 32.3 Å². The Morgan fingerprint density at radius 3 is 2.30 bits per heavy atom. The predicted molar refractivity (Wildman–Crippen MR) is 120 cm³/mol. The van der Waals surface area contributed by atoms with E-state index in [-0.39, 0.29) is 0 Å². The highest BCUT2D eigenvalue weighted by atomic mass is 35.5. The molecular formula is C20H25Cl3N2OS. The van der Waals surface area contributed by atoms with Gasteiger partial charge >= 0.3 is 0 Å². The van der Waals surface area contributed by atoms with E-state index in [1.807, 2.05) is 37.3 Å². The number of nitrogens with one attached hydrogen (secondary N) is 1. The number of halogens is 3. The van der Waals surface area contributed by atoms with Gasteiger partial charge in [0.15, 0.2) is 0 Å². The third-order valence-electron chi connectivity index (χ3n) is 4.33. The van der Waals surface area contributed by atoms with Crippen LogP contribution in [0.15, 0.2) is 42.5 Å². The molecule has 0 bridgehead atoms. The van der Waals surface area contributed by atoms with Crippen molar-refractivity contribution >= 4 is 51.5 Å². The van der Waals surface area contributed by atoms with Crippen molar-refractivity contribution < 1.29 is 4.21 Å². The number of benzene rings is 2. The summed E-state index contributed by atoms with van der Waals surface area (Å²) in [5.41, 5.74) is 2.34. The summed E-state index contributed by atoms with van der Waals surface area (Å²) in [6, 6.07) is 14.1. The maximum absolute atomic E-state index is 10.0. The van der Waals surface area contributed by atoms with Gasteiger partial charge in [-0.05, 0) is 61.2 Å². The number of hydrogen-bond donors (Lipinski definition) is 1. The van der Waals surface area contributed by atoms with Gasteiger partial charge in [0.1, 0.15) is 0 Å². The lowest BCUT2D eigenvalue weighted by molar-refractivity contribution is 0.473. The molecule has 2 aromatic carbocycles. The zero-order valence-electron chi connectivity index (χ0n) is 15.6. The summed E-state index contributed by atoms with van der Waals surface area (Å²) < 4.78 is 12.7. The maximum atomic E-state index is 10.0. The van der Waals surface area contributed by atoms with Crippen LogP contribution in [0, 0.1) is 0 Å². The molecule has 2 unspecified atom stereocenters. The van der Waals surface area contributed by atoms with Crippen LogP contribution < -0.4 is 9.62 Å². The Kier molecular flexibility index (Phi) is 9.40. The van der Waals surface area contributed by atoms with E-state index in [1.165, 1.54) is 18.5 Å². The van der Waals surface area contributed by atoms with Gasteiger partial charge in [0.25, 0.3) is 0 Å². The van der Waals surface area contributed by atoms with Gasteiger partial charge in [0.2, 0.25) is 0 Å². The largest absolute Gasteiger partial charge is 0.364 e. The summed E-state index contributed by atoms with van der Waals surface area (Å²) in [4.78, 5) is 2.41. The lowest BCUT2D eigenvalue weighted by Gasteiger charge is -2.38. The second kappa shape index (κ2) is 11.3. The van der Waals surface area contributed by atoms with Crippen LogP contribution in [0.2, 0.25) is 15.1 Å². The molecule has 3 nitrogen and oxygen atoms in total. The standard InChI is InChI=1S/C17H16Cl3N.C3H9NOS/c18-12-4-7-14(8-5-12)21-10-2-1-3-17(21)15-9-6-13(19)11-16(15)20;1-3-4-6(2)5/h4-9,11,17H,1-3,10H2;4H,3H2,1-2H3. The molecule has 27 heavy (non-hydrogen) atoms. The molecule has 2 atom stereocenters. The first kappa shape index (κ1) is 22.5. The van der Waals surface area contributed by atoms with Crippen LogP contribution in [-0.2, 0) is 11.0 Å². The van der Waals surface area contributed by atoms with Gasteiger partial charge in [-0.25, -0.2) is 8.93 Å². The van der Waals surface area contributed by atoms with Crippen LogP contribution in [0.25, 0.3) is 0 Å². The molecule has 1 N–H and O–H groups in total. The van der Waals surface area contributed by atoms with E-state index in [4.69, 9.17) is 34.8 Å². The van der Waals surface area contributed by atoms with Gasteiger partial charge in [-0.1, -0.05) is 47.8 Å². The van der Waals surface area contributed by atoms with Crippen LogP contribution in [0.4, 0.5) is 5.69 Å². The Morgan fingerprint density at radius 1 is 1.07 bits per heavy atom. The van der Waals surface area contributed by atoms with Gasteiger partial charge in [0, 0.05) is 40.1 Å². The molecule has 1 heterocycles. The lowest BCUT2D eigenvalue weighted by Crippen LogP contribution is -2.33. The van der Waals surface area contributed by atoms with E-state index < -0.39 is 11.0 Å². The van der Waals surface area contributed by atoms with Crippen molar-refractivity contribution in [2.45, 2.75) is 32.2 Å². The quantitative estimate of drug-likeness (QED) is 0.599. The predicted octanol–water partition coefficient (Wildman–Crippen LogP) is 6.27. The summed E-state index contributed by atoms with van der Waals surface area (Å²) in [5, 5.41) is 2.18. The molecule has 1 aliphatic heterocycles. The van der Waals surface area contributed by atoms with E-state index in [2.05, 4.69) is 21.8 Å². The van der Waals surface area contributed by atoms with Gasteiger partial charge in [0.05, 0.1) is 17.0 Å². The summed E-state index contributed by atoms with van der Waals surface area (Å²) in [6.45, 7) is 3.73. The smallest absolute Gasteiger partial charge is 0.0883 e. The van der Waals surface area contributed by atoms with Crippen molar-refractivity contribution in [3.63, 3.8) is 0 Å². The third kappa shape index (κ3) is 6.95. The molecule has 7 heteroatoms.